The Balaban J connectivity index is 2.11. The number of hydrogen-bond donors (Lipinski definition) is 2. The van der Waals surface area contributed by atoms with Crippen LogP contribution in [0.5, 0.6) is 0 Å². The fourth-order valence-electron chi connectivity index (χ4n) is 2.59. The number of halogens is 5. The second kappa shape index (κ2) is 6.60. The van der Waals surface area contributed by atoms with E-state index < -0.39 is 40.8 Å². The molecular weight excluding hydrogens is 291 g/mol. The third-order valence-electron chi connectivity index (χ3n) is 3.65. The first-order valence-electron chi connectivity index (χ1n) is 6.93. The van der Waals surface area contributed by atoms with Gasteiger partial charge in [-0.2, -0.15) is 0 Å². The number of anilines is 1. The Bertz CT molecular complexity index is 486. The van der Waals surface area contributed by atoms with Gasteiger partial charge in [0.05, 0.1) is 0 Å². The maximum absolute atomic E-state index is 13.5. The molecule has 1 aromatic rings. The molecule has 0 aliphatic carbocycles. The van der Waals surface area contributed by atoms with Crippen LogP contribution in [0.15, 0.2) is 0 Å². The summed E-state index contributed by atoms with van der Waals surface area (Å²) in [6.07, 6.45) is 3.62. The SMILES string of the molecule is CC(CC1CCCCN1)Nc1c(F)c(F)c(F)c(F)c1F. The molecule has 2 N–H and O–H groups in total. The highest BCUT2D eigenvalue weighted by Crippen LogP contribution is 2.28. The van der Waals surface area contributed by atoms with Crippen molar-refractivity contribution in [2.24, 2.45) is 0 Å². The zero-order chi connectivity index (χ0) is 15.6. The number of hydrogen-bond acceptors (Lipinski definition) is 2. The Morgan fingerprint density at radius 2 is 1.57 bits per heavy atom. The molecule has 1 saturated heterocycles. The van der Waals surface area contributed by atoms with Crippen LogP contribution >= 0.6 is 0 Å². The van der Waals surface area contributed by atoms with Crippen LogP contribution in [-0.4, -0.2) is 18.6 Å². The molecule has 0 aromatic heterocycles. The summed E-state index contributed by atoms with van der Waals surface area (Å²) in [5.74, 6) is -9.65. The second-order valence-electron chi connectivity index (χ2n) is 5.37. The molecule has 7 heteroatoms. The molecule has 0 amide bonds. The van der Waals surface area contributed by atoms with Gasteiger partial charge in [-0.3, -0.25) is 0 Å². The first-order valence-corrected chi connectivity index (χ1v) is 6.93. The van der Waals surface area contributed by atoms with Gasteiger partial charge in [-0.25, -0.2) is 22.0 Å². The molecule has 1 aliphatic rings. The van der Waals surface area contributed by atoms with Gasteiger partial charge in [-0.1, -0.05) is 6.42 Å². The van der Waals surface area contributed by atoms with E-state index in [-0.39, 0.29) is 6.04 Å². The first kappa shape index (κ1) is 16.0. The molecule has 1 aromatic carbocycles. The van der Waals surface area contributed by atoms with E-state index in [0.717, 1.165) is 25.8 Å². The molecule has 1 aliphatic heterocycles. The zero-order valence-electron chi connectivity index (χ0n) is 11.6. The normalized spacial score (nSPS) is 20.4. The Hall–Kier alpha value is -1.37. The Morgan fingerprint density at radius 3 is 2.10 bits per heavy atom. The second-order valence-corrected chi connectivity index (χ2v) is 5.37. The molecular formula is C14H17F5N2. The molecule has 0 bridgehead atoms. The maximum atomic E-state index is 13.5. The van der Waals surface area contributed by atoms with Crippen LogP contribution in [0.4, 0.5) is 27.6 Å². The topological polar surface area (TPSA) is 24.1 Å². The summed E-state index contributed by atoms with van der Waals surface area (Å²) in [6.45, 7) is 2.52. The molecule has 1 fully saturated rings. The van der Waals surface area contributed by atoms with Crippen LogP contribution in [0, 0.1) is 29.1 Å². The minimum absolute atomic E-state index is 0.183. The minimum Gasteiger partial charge on any atom is -0.378 e. The van der Waals surface area contributed by atoms with Gasteiger partial charge >= 0.3 is 0 Å². The van der Waals surface area contributed by atoms with Crippen LogP contribution in [0.25, 0.3) is 0 Å². The van der Waals surface area contributed by atoms with E-state index in [4.69, 9.17) is 0 Å². The Kier molecular flexibility index (Phi) is 5.03. The maximum Gasteiger partial charge on any atom is 0.200 e. The predicted octanol–water partition coefficient (Wildman–Crippen LogP) is 3.71. The molecule has 0 saturated carbocycles. The molecule has 2 atom stereocenters. The van der Waals surface area contributed by atoms with Crippen LogP contribution in [0.3, 0.4) is 0 Å². The van der Waals surface area contributed by atoms with Crippen molar-refractivity contribution in [3.8, 4) is 0 Å². The fraction of sp³-hybridized carbons (Fsp3) is 0.571. The highest BCUT2D eigenvalue weighted by molar-refractivity contribution is 5.48. The molecule has 1 heterocycles. The minimum atomic E-state index is -2.14. The lowest BCUT2D eigenvalue weighted by molar-refractivity contribution is 0.366. The van der Waals surface area contributed by atoms with E-state index in [1.54, 1.807) is 6.92 Å². The monoisotopic (exact) mass is 308 g/mol. The highest BCUT2D eigenvalue weighted by atomic mass is 19.2. The van der Waals surface area contributed by atoms with Crippen LogP contribution < -0.4 is 10.6 Å². The van der Waals surface area contributed by atoms with E-state index in [2.05, 4.69) is 10.6 Å². The van der Waals surface area contributed by atoms with E-state index in [9.17, 15) is 22.0 Å². The number of nitrogens with one attached hydrogen (secondary N) is 2. The van der Waals surface area contributed by atoms with Gasteiger partial charge in [0.25, 0.3) is 0 Å². The van der Waals surface area contributed by atoms with Gasteiger partial charge < -0.3 is 10.6 Å². The standard InChI is InChI=1S/C14H17F5N2/c1-7(6-8-4-2-3-5-20-8)21-14-12(18)10(16)9(15)11(17)13(14)19/h7-8,20-21H,2-6H2,1H3. The van der Waals surface area contributed by atoms with E-state index >= 15 is 0 Å². The summed E-state index contributed by atoms with van der Waals surface area (Å²) in [6, 6.07) is -0.239. The van der Waals surface area contributed by atoms with Crippen LogP contribution in [0.1, 0.15) is 32.6 Å². The number of piperidine rings is 1. The summed E-state index contributed by atoms with van der Waals surface area (Å²) in [5, 5.41) is 5.66. The van der Waals surface area contributed by atoms with E-state index in [1.807, 2.05) is 0 Å². The third kappa shape index (κ3) is 3.45. The highest BCUT2D eigenvalue weighted by Gasteiger charge is 2.27. The third-order valence-corrected chi connectivity index (χ3v) is 3.65. The van der Waals surface area contributed by atoms with Gasteiger partial charge in [-0.05, 0) is 32.7 Å². The summed E-state index contributed by atoms with van der Waals surface area (Å²) in [4.78, 5) is 0. The molecule has 0 spiro atoms. The number of benzene rings is 1. The van der Waals surface area contributed by atoms with Crippen molar-refractivity contribution in [3.63, 3.8) is 0 Å². The summed E-state index contributed by atoms with van der Waals surface area (Å²) < 4.78 is 66.2. The smallest absolute Gasteiger partial charge is 0.200 e. The van der Waals surface area contributed by atoms with Crippen molar-refractivity contribution in [1.29, 1.82) is 0 Å². The zero-order valence-corrected chi connectivity index (χ0v) is 11.6. The molecule has 0 radical (unpaired) electrons. The largest absolute Gasteiger partial charge is 0.378 e. The summed E-state index contributed by atoms with van der Waals surface area (Å²) >= 11 is 0. The quantitative estimate of drug-likeness (QED) is 0.503. The van der Waals surface area contributed by atoms with E-state index in [1.165, 1.54) is 0 Å². The molecule has 2 rings (SSSR count). The van der Waals surface area contributed by atoms with Crippen molar-refractivity contribution in [2.75, 3.05) is 11.9 Å². The van der Waals surface area contributed by atoms with Gasteiger partial charge in [-0.15, -0.1) is 0 Å². The van der Waals surface area contributed by atoms with Crippen molar-refractivity contribution in [2.45, 2.75) is 44.7 Å². The van der Waals surface area contributed by atoms with Gasteiger partial charge in [0.1, 0.15) is 5.69 Å². The first-order chi connectivity index (χ1) is 9.91. The average Bonchev–Trinajstić information content (AvgIpc) is 2.48. The Labute approximate surface area is 119 Å². The van der Waals surface area contributed by atoms with Crippen molar-refractivity contribution >= 4 is 5.69 Å². The molecule has 2 unspecified atom stereocenters. The van der Waals surface area contributed by atoms with Gasteiger partial charge in [0, 0.05) is 12.1 Å². The fourth-order valence-corrected chi connectivity index (χ4v) is 2.59. The summed E-state index contributed by atoms with van der Waals surface area (Å²) in [5.41, 5.74) is -0.963. The van der Waals surface area contributed by atoms with E-state index in [0.29, 0.717) is 6.42 Å². The molecule has 2 nitrogen and oxygen atoms in total. The predicted molar refractivity (Wildman–Crippen MR) is 69.6 cm³/mol. The lowest BCUT2D eigenvalue weighted by Crippen LogP contribution is -2.38. The van der Waals surface area contributed by atoms with Crippen molar-refractivity contribution in [1.82, 2.24) is 5.32 Å². The number of rotatable bonds is 4. The lowest BCUT2D eigenvalue weighted by atomic mass is 9.98. The lowest BCUT2D eigenvalue weighted by Gasteiger charge is -2.27. The Morgan fingerprint density at radius 1 is 1.00 bits per heavy atom. The van der Waals surface area contributed by atoms with Gasteiger partial charge in [0.15, 0.2) is 23.3 Å². The van der Waals surface area contributed by atoms with Crippen LogP contribution in [-0.2, 0) is 0 Å². The molecule has 118 valence electrons. The van der Waals surface area contributed by atoms with Crippen molar-refractivity contribution < 1.29 is 22.0 Å². The van der Waals surface area contributed by atoms with Gasteiger partial charge in [0.2, 0.25) is 5.82 Å². The van der Waals surface area contributed by atoms with Crippen LogP contribution in [0.2, 0.25) is 0 Å². The molecule has 21 heavy (non-hydrogen) atoms. The average molecular weight is 308 g/mol. The van der Waals surface area contributed by atoms with Crippen molar-refractivity contribution in [3.05, 3.63) is 29.1 Å². The summed E-state index contributed by atoms with van der Waals surface area (Å²) in [7, 11) is 0.